The van der Waals surface area contributed by atoms with Gasteiger partial charge in [0.25, 0.3) is 0 Å². The number of nitrogen functional groups attached to an aromatic ring is 1. The van der Waals surface area contributed by atoms with Gasteiger partial charge in [0.15, 0.2) is 0 Å². The van der Waals surface area contributed by atoms with E-state index in [1.807, 2.05) is 0 Å². The molecular weight excluding hydrogens is 297 g/mol. The number of halogens is 1. The summed E-state index contributed by atoms with van der Waals surface area (Å²) in [6.07, 6.45) is 1.28. The van der Waals surface area contributed by atoms with E-state index in [9.17, 15) is 17.6 Å². The van der Waals surface area contributed by atoms with Crippen LogP contribution in [0.5, 0.6) is 0 Å². The first-order chi connectivity index (χ1) is 9.81. The van der Waals surface area contributed by atoms with Crippen molar-refractivity contribution in [1.29, 1.82) is 0 Å². The molecule has 1 amide bonds. The van der Waals surface area contributed by atoms with Gasteiger partial charge in [-0.2, -0.15) is 0 Å². The van der Waals surface area contributed by atoms with Crippen LogP contribution in [0.4, 0.5) is 10.1 Å². The summed E-state index contributed by atoms with van der Waals surface area (Å²) < 4.78 is 40.2. The highest BCUT2D eigenvalue weighted by atomic mass is 32.2. The van der Waals surface area contributed by atoms with Crippen molar-refractivity contribution < 1.29 is 17.6 Å². The Morgan fingerprint density at radius 1 is 1.48 bits per heavy atom. The van der Waals surface area contributed by atoms with E-state index < -0.39 is 27.6 Å². The van der Waals surface area contributed by atoms with Crippen LogP contribution in [-0.4, -0.2) is 38.4 Å². The maximum Gasteiger partial charge on any atom is 0.243 e. The Hall–Kier alpha value is -1.67. The number of nitrogens with zero attached hydrogens (tertiary/aromatic N) is 1. The Morgan fingerprint density at radius 3 is 2.81 bits per heavy atom. The molecule has 0 aromatic heterocycles. The average Bonchev–Trinajstić information content (AvgIpc) is 2.77. The topological polar surface area (TPSA) is 92.5 Å². The van der Waals surface area contributed by atoms with E-state index in [2.05, 4.69) is 4.72 Å². The van der Waals surface area contributed by atoms with Crippen molar-refractivity contribution in [2.75, 3.05) is 18.8 Å². The zero-order chi connectivity index (χ0) is 15.6. The lowest BCUT2D eigenvalue weighted by molar-refractivity contribution is -0.127. The molecule has 1 saturated heterocycles. The molecule has 1 atom stereocenters. The van der Waals surface area contributed by atoms with Gasteiger partial charge in [-0.3, -0.25) is 4.79 Å². The summed E-state index contributed by atoms with van der Waals surface area (Å²) in [4.78, 5) is 12.8. The molecule has 1 aliphatic heterocycles. The van der Waals surface area contributed by atoms with Crippen LogP contribution in [-0.2, 0) is 14.8 Å². The van der Waals surface area contributed by atoms with Crippen LogP contribution in [0.25, 0.3) is 0 Å². The first-order valence-electron chi connectivity index (χ1n) is 6.65. The molecule has 3 N–H and O–H groups in total. The van der Waals surface area contributed by atoms with Crippen LogP contribution in [0, 0.1) is 5.82 Å². The van der Waals surface area contributed by atoms with Gasteiger partial charge in [0, 0.05) is 25.6 Å². The third kappa shape index (κ3) is 3.51. The van der Waals surface area contributed by atoms with Crippen LogP contribution < -0.4 is 10.5 Å². The van der Waals surface area contributed by atoms with Gasteiger partial charge in [-0.15, -0.1) is 0 Å². The summed E-state index contributed by atoms with van der Waals surface area (Å²) >= 11 is 0. The third-order valence-electron chi connectivity index (χ3n) is 3.32. The van der Waals surface area contributed by atoms with Gasteiger partial charge in [0.05, 0.1) is 5.69 Å². The van der Waals surface area contributed by atoms with E-state index in [1.54, 1.807) is 11.8 Å². The number of nitrogens with one attached hydrogen (secondary N) is 1. The SMILES string of the molecule is CC(CN1CCCC1=O)NS(=O)(=O)c1cccc(F)c1N. The second-order valence-corrected chi connectivity index (χ2v) is 6.80. The predicted molar refractivity (Wildman–Crippen MR) is 76.4 cm³/mol. The van der Waals surface area contributed by atoms with Crippen molar-refractivity contribution in [1.82, 2.24) is 9.62 Å². The van der Waals surface area contributed by atoms with E-state index in [0.717, 1.165) is 12.5 Å². The Morgan fingerprint density at radius 2 is 2.19 bits per heavy atom. The van der Waals surface area contributed by atoms with Crippen LogP contribution in [0.1, 0.15) is 19.8 Å². The van der Waals surface area contributed by atoms with Gasteiger partial charge in [-0.25, -0.2) is 17.5 Å². The summed E-state index contributed by atoms with van der Waals surface area (Å²) in [6, 6.07) is 3.14. The van der Waals surface area contributed by atoms with Gasteiger partial charge in [0.1, 0.15) is 10.7 Å². The van der Waals surface area contributed by atoms with Gasteiger partial charge in [-0.05, 0) is 25.5 Å². The number of para-hydroxylation sites is 1. The molecule has 1 fully saturated rings. The van der Waals surface area contributed by atoms with Crippen molar-refractivity contribution in [3.8, 4) is 0 Å². The maximum absolute atomic E-state index is 13.4. The molecule has 21 heavy (non-hydrogen) atoms. The standard InChI is InChI=1S/C13H18FN3O3S/c1-9(8-17-7-3-6-12(17)18)16-21(19,20)11-5-2-4-10(14)13(11)15/h2,4-5,9,16H,3,6-8,15H2,1H3. The van der Waals surface area contributed by atoms with E-state index >= 15 is 0 Å². The number of benzene rings is 1. The molecule has 1 aliphatic rings. The molecule has 0 radical (unpaired) electrons. The molecule has 6 nitrogen and oxygen atoms in total. The number of carbonyl (C=O) groups excluding carboxylic acids is 1. The van der Waals surface area contributed by atoms with Crippen molar-refractivity contribution in [3.63, 3.8) is 0 Å². The number of hydrogen-bond donors (Lipinski definition) is 2. The number of sulfonamides is 1. The van der Waals surface area contributed by atoms with Crippen molar-refractivity contribution in [2.45, 2.75) is 30.7 Å². The Balaban J connectivity index is 2.10. The summed E-state index contributed by atoms with van der Waals surface area (Å²) in [5, 5.41) is 0. The molecule has 2 rings (SSSR count). The fourth-order valence-electron chi connectivity index (χ4n) is 2.34. The number of anilines is 1. The molecule has 0 aliphatic carbocycles. The summed E-state index contributed by atoms with van der Waals surface area (Å²) in [5.41, 5.74) is 5.06. The first kappa shape index (κ1) is 15.7. The molecular formula is C13H18FN3O3S. The van der Waals surface area contributed by atoms with Gasteiger partial charge < -0.3 is 10.6 Å². The highest BCUT2D eigenvalue weighted by Crippen LogP contribution is 2.21. The monoisotopic (exact) mass is 315 g/mol. The molecule has 1 aromatic carbocycles. The molecule has 0 spiro atoms. The summed E-state index contributed by atoms with van der Waals surface area (Å²) in [7, 11) is -3.92. The Kier molecular flexibility index (Phi) is 4.48. The molecule has 0 saturated carbocycles. The highest BCUT2D eigenvalue weighted by molar-refractivity contribution is 7.89. The smallest absolute Gasteiger partial charge is 0.243 e. The lowest BCUT2D eigenvalue weighted by Gasteiger charge is -2.22. The normalized spacial score (nSPS) is 17.2. The predicted octanol–water partition coefficient (Wildman–Crippen LogP) is 0.697. The quantitative estimate of drug-likeness (QED) is 0.782. The fraction of sp³-hybridized carbons (Fsp3) is 0.462. The number of hydrogen-bond acceptors (Lipinski definition) is 4. The van der Waals surface area contributed by atoms with Gasteiger partial charge >= 0.3 is 0 Å². The minimum atomic E-state index is -3.92. The first-order valence-corrected chi connectivity index (χ1v) is 8.13. The maximum atomic E-state index is 13.4. The summed E-state index contributed by atoms with van der Waals surface area (Å²) in [5.74, 6) is -0.758. The second-order valence-electron chi connectivity index (χ2n) is 5.12. The van der Waals surface area contributed by atoms with E-state index in [1.165, 1.54) is 12.1 Å². The van der Waals surface area contributed by atoms with Crippen LogP contribution in [0.3, 0.4) is 0 Å². The second kappa shape index (κ2) is 5.98. The molecule has 1 unspecified atom stereocenters. The third-order valence-corrected chi connectivity index (χ3v) is 4.97. The minimum absolute atomic E-state index is 0.0197. The van der Waals surface area contributed by atoms with Crippen LogP contribution in [0.2, 0.25) is 0 Å². The van der Waals surface area contributed by atoms with Crippen LogP contribution in [0.15, 0.2) is 23.1 Å². The Labute approximate surface area is 123 Å². The van der Waals surface area contributed by atoms with Crippen molar-refractivity contribution in [2.24, 2.45) is 0 Å². The molecule has 8 heteroatoms. The van der Waals surface area contributed by atoms with Gasteiger partial charge in [-0.1, -0.05) is 6.07 Å². The average molecular weight is 315 g/mol. The largest absolute Gasteiger partial charge is 0.395 e. The number of amides is 1. The van der Waals surface area contributed by atoms with Crippen molar-refractivity contribution in [3.05, 3.63) is 24.0 Å². The molecule has 116 valence electrons. The minimum Gasteiger partial charge on any atom is -0.395 e. The number of rotatable bonds is 5. The lowest BCUT2D eigenvalue weighted by Crippen LogP contribution is -2.42. The highest BCUT2D eigenvalue weighted by Gasteiger charge is 2.26. The van der Waals surface area contributed by atoms with E-state index in [0.29, 0.717) is 13.0 Å². The summed E-state index contributed by atoms with van der Waals surface area (Å²) in [6.45, 7) is 2.57. The number of nitrogens with two attached hydrogens (primary N) is 1. The van der Waals surface area contributed by atoms with Crippen molar-refractivity contribution >= 4 is 21.6 Å². The lowest BCUT2D eigenvalue weighted by atomic mass is 10.3. The zero-order valence-corrected chi connectivity index (χ0v) is 12.5. The molecule has 1 heterocycles. The van der Waals surface area contributed by atoms with Gasteiger partial charge in [0.2, 0.25) is 15.9 Å². The zero-order valence-electron chi connectivity index (χ0n) is 11.7. The molecule has 1 aromatic rings. The number of carbonyl (C=O) groups is 1. The van der Waals surface area contributed by atoms with Crippen LogP contribution >= 0.6 is 0 Å². The van der Waals surface area contributed by atoms with E-state index in [4.69, 9.17) is 5.73 Å². The number of likely N-dealkylation sites (tertiary alicyclic amines) is 1. The molecule has 0 bridgehead atoms. The van der Waals surface area contributed by atoms with E-state index in [-0.39, 0.29) is 17.3 Å². The Bertz CT molecular complexity index is 648. The fourth-order valence-corrected chi connectivity index (χ4v) is 3.72.